The zero-order chi connectivity index (χ0) is 12.0. The van der Waals surface area contributed by atoms with Crippen LogP contribution < -0.4 is 5.01 Å². The molecule has 0 atom stereocenters. The molecule has 1 rings (SSSR count). The van der Waals surface area contributed by atoms with E-state index in [2.05, 4.69) is 10.0 Å². The number of carbonyl (C=O) groups excluding carboxylic acids is 2. The van der Waals surface area contributed by atoms with E-state index in [4.69, 9.17) is 0 Å². The normalized spacial score (nSPS) is 9.31. The fourth-order valence-electron chi connectivity index (χ4n) is 1.08. The molecule has 0 fully saturated rings. The van der Waals surface area contributed by atoms with Gasteiger partial charge < -0.3 is 4.74 Å². The van der Waals surface area contributed by atoms with Crippen LogP contribution in [0.3, 0.4) is 0 Å². The number of ether oxygens (including phenoxy) is 1. The summed E-state index contributed by atoms with van der Waals surface area (Å²) < 4.78 is 4.29. The van der Waals surface area contributed by atoms with Gasteiger partial charge in [0.2, 0.25) is 0 Å². The van der Waals surface area contributed by atoms with E-state index in [1.165, 1.54) is 0 Å². The number of carbonyl (C=O) groups is 2. The lowest BCUT2D eigenvalue weighted by Gasteiger charge is -2.13. The Bertz CT molecular complexity index is 391. The maximum Gasteiger partial charge on any atom is 0.335 e. The molecule has 6 nitrogen and oxygen atoms in total. The molecule has 16 heavy (non-hydrogen) atoms. The highest BCUT2D eigenvalue weighted by molar-refractivity contribution is 5.86. The van der Waals surface area contributed by atoms with E-state index in [1.807, 2.05) is 0 Å². The first kappa shape index (κ1) is 11.8. The summed E-state index contributed by atoms with van der Waals surface area (Å²) in [5, 5.41) is 3.58. The minimum absolute atomic E-state index is 0.396. The number of hydrogen-bond donors (Lipinski definition) is 0. The maximum atomic E-state index is 11.1. The van der Waals surface area contributed by atoms with Gasteiger partial charge >= 0.3 is 11.9 Å². The van der Waals surface area contributed by atoms with Crippen LogP contribution in [0.15, 0.2) is 35.6 Å². The number of nitrogens with zero attached hydrogens (tertiary/aromatic N) is 2. The van der Waals surface area contributed by atoms with Crippen LogP contribution >= 0.6 is 0 Å². The molecule has 0 N–H and O–H groups in total. The van der Waals surface area contributed by atoms with E-state index < -0.39 is 18.5 Å². The van der Waals surface area contributed by atoms with E-state index in [9.17, 15) is 14.5 Å². The van der Waals surface area contributed by atoms with Gasteiger partial charge in [0.05, 0.1) is 11.0 Å². The van der Waals surface area contributed by atoms with Crippen molar-refractivity contribution in [2.24, 2.45) is 5.29 Å². The zero-order valence-electron chi connectivity index (χ0n) is 8.62. The number of benzene rings is 1. The summed E-state index contributed by atoms with van der Waals surface area (Å²) in [4.78, 5) is 32.1. The first-order valence-electron chi connectivity index (χ1n) is 4.50. The van der Waals surface area contributed by atoms with Crippen molar-refractivity contribution in [3.05, 3.63) is 35.2 Å². The van der Waals surface area contributed by atoms with E-state index in [0.717, 1.165) is 11.9 Å². The molecule has 1 aromatic rings. The number of esters is 2. The molecule has 0 amide bonds. The van der Waals surface area contributed by atoms with Crippen molar-refractivity contribution in [2.45, 2.75) is 6.92 Å². The summed E-state index contributed by atoms with van der Waals surface area (Å²) in [5.41, 5.74) is 0.456. The Labute approximate surface area is 91.8 Å². The largest absolute Gasteiger partial charge is 0.392 e. The molecule has 84 valence electrons. The van der Waals surface area contributed by atoms with Gasteiger partial charge in [-0.2, -0.15) is 0 Å². The van der Waals surface area contributed by atoms with Gasteiger partial charge in [0.15, 0.2) is 0 Å². The smallest absolute Gasteiger partial charge is 0.335 e. The Morgan fingerprint density at radius 2 is 1.94 bits per heavy atom. The molecule has 6 heteroatoms. The molecule has 0 saturated carbocycles. The van der Waals surface area contributed by atoms with E-state index in [-0.39, 0.29) is 0 Å². The zero-order valence-corrected chi connectivity index (χ0v) is 8.62. The molecule has 0 unspecified atom stereocenters. The van der Waals surface area contributed by atoms with Crippen LogP contribution in [0, 0.1) is 4.91 Å². The minimum Gasteiger partial charge on any atom is -0.392 e. The summed E-state index contributed by atoms with van der Waals surface area (Å²) in [7, 11) is 0. The van der Waals surface area contributed by atoms with Gasteiger partial charge in [0, 0.05) is 6.92 Å². The molecular formula is C10H10N2O4. The number of para-hydroxylation sites is 1. The summed E-state index contributed by atoms with van der Waals surface area (Å²) >= 11 is 0. The van der Waals surface area contributed by atoms with E-state index in [0.29, 0.717) is 5.69 Å². The van der Waals surface area contributed by atoms with Gasteiger partial charge in [-0.25, -0.2) is 9.80 Å². The molecule has 0 aromatic heterocycles. The molecule has 0 spiro atoms. The highest BCUT2D eigenvalue weighted by Crippen LogP contribution is 2.12. The van der Waals surface area contributed by atoms with Crippen LogP contribution in [-0.2, 0) is 14.3 Å². The summed E-state index contributed by atoms with van der Waals surface area (Å²) in [5.74, 6) is -1.54. The molecule has 0 radical (unpaired) electrons. The van der Waals surface area contributed by atoms with Crippen molar-refractivity contribution in [1.29, 1.82) is 0 Å². The van der Waals surface area contributed by atoms with Crippen LogP contribution in [0.2, 0.25) is 0 Å². The van der Waals surface area contributed by atoms with Gasteiger partial charge in [0.1, 0.15) is 6.54 Å². The second-order valence-electron chi connectivity index (χ2n) is 2.94. The number of rotatable bonds is 4. The van der Waals surface area contributed by atoms with Gasteiger partial charge in [-0.05, 0) is 12.1 Å². The van der Waals surface area contributed by atoms with Crippen molar-refractivity contribution < 1.29 is 14.3 Å². The maximum absolute atomic E-state index is 11.1. The predicted octanol–water partition coefficient (Wildman–Crippen LogP) is 1.26. The third-order valence-electron chi connectivity index (χ3n) is 1.69. The molecule has 0 aliphatic carbocycles. The lowest BCUT2D eigenvalue weighted by Crippen LogP contribution is -2.26. The third-order valence-corrected chi connectivity index (χ3v) is 1.69. The first-order valence-corrected chi connectivity index (χ1v) is 4.50. The average Bonchev–Trinajstić information content (AvgIpc) is 2.26. The van der Waals surface area contributed by atoms with Crippen LogP contribution in [0.5, 0.6) is 0 Å². The fourth-order valence-corrected chi connectivity index (χ4v) is 1.08. The minimum atomic E-state index is -0.823. The van der Waals surface area contributed by atoms with Gasteiger partial charge in [-0.15, -0.1) is 4.91 Å². The van der Waals surface area contributed by atoms with Crippen molar-refractivity contribution in [2.75, 3.05) is 11.6 Å². The van der Waals surface area contributed by atoms with Crippen molar-refractivity contribution in [1.82, 2.24) is 0 Å². The molecule has 0 aliphatic rings. The van der Waals surface area contributed by atoms with Crippen molar-refractivity contribution in [3.8, 4) is 0 Å². The van der Waals surface area contributed by atoms with Crippen LogP contribution in [0.4, 0.5) is 5.69 Å². The SMILES string of the molecule is CC(=O)OC(=O)CN(N=O)c1ccccc1. The fraction of sp³-hybridized carbons (Fsp3) is 0.200. The molecule has 0 heterocycles. The summed E-state index contributed by atoms with van der Waals surface area (Å²) in [6, 6.07) is 8.39. The quantitative estimate of drug-likeness (QED) is 0.332. The third kappa shape index (κ3) is 3.49. The lowest BCUT2D eigenvalue weighted by molar-refractivity contribution is -0.156. The second-order valence-corrected chi connectivity index (χ2v) is 2.94. The topological polar surface area (TPSA) is 76.0 Å². The van der Waals surface area contributed by atoms with Gasteiger partial charge in [-0.1, -0.05) is 18.2 Å². The summed E-state index contributed by atoms with van der Waals surface area (Å²) in [6.07, 6.45) is 0. The second kappa shape index (κ2) is 5.59. The Hall–Kier alpha value is -2.24. The molecular weight excluding hydrogens is 212 g/mol. The Morgan fingerprint density at radius 3 is 2.44 bits per heavy atom. The molecule has 0 aliphatic heterocycles. The Kier molecular flexibility index (Phi) is 4.14. The highest BCUT2D eigenvalue weighted by atomic mass is 16.6. The first-order chi connectivity index (χ1) is 7.63. The summed E-state index contributed by atoms with van der Waals surface area (Å²) in [6.45, 7) is 0.714. The number of hydrogen-bond acceptors (Lipinski definition) is 5. The molecule has 0 bridgehead atoms. The van der Waals surface area contributed by atoms with Crippen LogP contribution in [0.1, 0.15) is 6.92 Å². The Balaban J connectivity index is 2.66. The lowest BCUT2D eigenvalue weighted by atomic mass is 10.3. The van der Waals surface area contributed by atoms with Crippen LogP contribution in [-0.4, -0.2) is 18.5 Å². The predicted molar refractivity (Wildman–Crippen MR) is 56.4 cm³/mol. The molecule has 0 saturated heterocycles. The van der Waals surface area contributed by atoms with Gasteiger partial charge in [0.25, 0.3) is 0 Å². The van der Waals surface area contributed by atoms with Crippen molar-refractivity contribution >= 4 is 17.6 Å². The number of nitroso groups, excluding NO2 is 1. The van der Waals surface area contributed by atoms with E-state index >= 15 is 0 Å². The number of anilines is 1. The Morgan fingerprint density at radius 1 is 1.31 bits per heavy atom. The standard InChI is InChI=1S/C10H10N2O4/c1-8(13)16-10(14)7-12(11-15)9-5-3-2-4-6-9/h2-6H,7H2,1H3. The monoisotopic (exact) mass is 222 g/mol. The van der Waals surface area contributed by atoms with Crippen LogP contribution in [0.25, 0.3) is 0 Å². The van der Waals surface area contributed by atoms with Gasteiger partial charge in [-0.3, -0.25) is 4.79 Å². The average molecular weight is 222 g/mol. The van der Waals surface area contributed by atoms with E-state index in [1.54, 1.807) is 30.3 Å². The van der Waals surface area contributed by atoms with Crippen molar-refractivity contribution in [3.63, 3.8) is 0 Å². The molecule has 1 aromatic carbocycles. The highest BCUT2D eigenvalue weighted by Gasteiger charge is 2.14.